The van der Waals surface area contributed by atoms with Gasteiger partial charge in [0.2, 0.25) is 0 Å². The van der Waals surface area contributed by atoms with Gasteiger partial charge in [-0.05, 0) is 39.5 Å². The van der Waals surface area contributed by atoms with Gasteiger partial charge in [-0.1, -0.05) is 0 Å². The molecule has 7 heteroatoms. The minimum Gasteiger partial charge on any atom is -0.439 e. The zero-order valence-electron chi connectivity index (χ0n) is 12.5. The molecule has 0 aliphatic carbocycles. The Balaban J connectivity index is 1.91. The van der Waals surface area contributed by atoms with Gasteiger partial charge in [0.15, 0.2) is 4.96 Å². The molecule has 21 heavy (non-hydrogen) atoms. The lowest BCUT2D eigenvalue weighted by molar-refractivity contribution is 0.418. The zero-order chi connectivity index (χ0) is 15.0. The molecule has 5 nitrogen and oxygen atoms in total. The number of nitrogens with zero attached hydrogens (tertiary/aromatic N) is 3. The number of aromatic nitrogens is 3. The molecule has 0 saturated heterocycles. The number of imidazole rings is 1. The third kappa shape index (κ3) is 3.30. The van der Waals surface area contributed by atoms with Gasteiger partial charge in [-0.15, -0.1) is 11.3 Å². The van der Waals surface area contributed by atoms with Gasteiger partial charge in [0.1, 0.15) is 11.3 Å². The quantitative estimate of drug-likeness (QED) is 0.793. The van der Waals surface area contributed by atoms with Crippen LogP contribution in [0, 0.1) is 6.92 Å². The Morgan fingerprint density at radius 3 is 2.86 bits per heavy atom. The third-order valence-corrected chi connectivity index (χ3v) is 4.53. The van der Waals surface area contributed by atoms with Crippen molar-refractivity contribution in [2.24, 2.45) is 0 Å². The molecule has 0 radical (unpaired) electrons. The number of fused-ring (bicyclic) bond motifs is 1. The first-order valence-electron chi connectivity index (χ1n) is 6.72. The minimum atomic E-state index is 0.0572. The highest BCUT2D eigenvalue weighted by atomic mass is 32.2. The second-order valence-corrected chi connectivity index (χ2v) is 7.69. The monoisotopic (exact) mass is 322 g/mol. The van der Waals surface area contributed by atoms with Crippen molar-refractivity contribution < 1.29 is 4.42 Å². The number of aryl methyl sites for hydroxylation is 1. The van der Waals surface area contributed by atoms with Crippen LogP contribution in [0.4, 0.5) is 0 Å². The first-order chi connectivity index (χ1) is 9.92. The molecule has 3 rings (SSSR count). The van der Waals surface area contributed by atoms with Gasteiger partial charge in [0.25, 0.3) is 5.22 Å². The summed E-state index contributed by atoms with van der Waals surface area (Å²) in [6.07, 6.45) is 3.71. The van der Waals surface area contributed by atoms with Crippen molar-refractivity contribution in [2.45, 2.75) is 50.0 Å². The van der Waals surface area contributed by atoms with Crippen LogP contribution in [0.25, 0.3) is 4.96 Å². The standard InChI is InChI=1S/C14H18N4OS2/c1-9-8-19-13(16-9)21-11-10(7-15-14(2,3)4)18-5-6-20-12(18)17-11/h5-6,8,15H,7H2,1-4H3. The highest BCUT2D eigenvalue weighted by Crippen LogP contribution is 2.31. The molecule has 0 spiro atoms. The summed E-state index contributed by atoms with van der Waals surface area (Å²) in [7, 11) is 0. The molecule has 0 fully saturated rings. The number of hydrogen-bond donors (Lipinski definition) is 1. The Bertz CT molecular complexity index is 751. The molecular formula is C14H18N4OS2. The van der Waals surface area contributed by atoms with E-state index in [9.17, 15) is 0 Å². The smallest absolute Gasteiger partial charge is 0.262 e. The van der Waals surface area contributed by atoms with Gasteiger partial charge in [0, 0.05) is 23.7 Å². The van der Waals surface area contributed by atoms with E-state index < -0.39 is 0 Å². The highest BCUT2D eigenvalue weighted by molar-refractivity contribution is 7.99. The van der Waals surface area contributed by atoms with Crippen molar-refractivity contribution in [3.8, 4) is 0 Å². The Labute approximate surface area is 131 Å². The summed E-state index contributed by atoms with van der Waals surface area (Å²) >= 11 is 3.10. The Kier molecular flexibility index (Phi) is 3.81. The van der Waals surface area contributed by atoms with Crippen LogP contribution in [0.3, 0.4) is 0 Å². The van der Waals surface area contributed by atoms with Crippen LogP contribution >= 0.6 is 23.1 Å². The fourth-order valence-corrected chi connectivity index (χ4v) is 3.53. The molecule has 0 aromatic carbocycles. The van der Waals surface area contributed by atoms with Crippen LogP contribution in [0.2, 0.25) is 0 Å². The van der Waals surface area contributed by atoms with Gasteiger partial charge >= 0.3 is 0 Å². The van der Waals surface area contributed by atoms with Crippen molar-refractivity contribution >= 4 is 28.1 Å². The van der Waals surface area contributed by atoms with E-state index in [0.29, 0.717) is 5.22 Å². The van der Waals surface area contributed by atoms with E-state index in [1.165, 1.54) is 11.8 Å². The van der Waals surface area contributed by atoms with E-state index >= 15 is 0 Å². The Hall–Kier alpha value is -1.31. The van der Waals surface area contributed by atoms with Crippen LogP contribution in [0.5, 0.6) is 0 Å². The topological polar surface area (TPSA) is 55.4 Å². The van der Waals surface area contributed by atoms with E-state index in [-0.39, 0.29) is 5.54 Å². The van der Waals surface area contributed by atoms with Crippen molar-refractivity contribution in [3.05, 3.63) is 29.2 Å². The number of thiazole rings is 1. The molecule has 0 saturated carbocycles. The van der Waals surface area contributed by atoms with Crippen LogP contribution in [-0.4, -0.2) is 19.9 Å². The predicted octanol–water partition coefficient (Wildman–Crippen LogP) is 3.73. The number of hydrogen-bond acceptors (Lipinski definition) is 6. The van der Waals surface area contributed by atoms with Crippen molar-refractivity contribution in [2.75, 3.05) is 0 Å². The lowest BCUT2D eigenvalue weighted by atomic mass is 10.1. The van der Waals surface area contributed by atoms with Gasteiger partial charge < -0.3 is 9.73 Å². The number of nitrogens with one attached hydrogen (secondary N) is 1. The number of rotatable bonds is 4. The number of oxazole rings is 1. The summed E-state index contributed by atoms with van der Waals surface area (Å²) in [6.45, 7) is 9.14. The summed E-state index contributed by atoms with van der Waals surface area (Å²) in [5, 5.41) is 7.14. The molecule has 0 unspecified atom stereocenters. The molecule has 3 aromatic heterocycles. The predicted molar refractivity (Wildman–Crippen MR) is 85.0 cm³/mol. The normalized spacial score (nSPS) is 12.4. The third-order valence-electron chi connectivity index (χ3n) is 2.89. The summed E-state index contributed by atoms with van der Waals surface area (Å²) < 4.78 is 7.55. The van der Waals surface area contributed by atoms with Gasteiger partial charge in [0.05, 0.1) is 11.4 Å². The average Bonchev–Trinajstić information content (AvgIpc) is 3.03. The highest BCUT2D eigenvalue weighted by Gasteiger charge is 2.18. The molecule has 0 amide bonds. The van der Waals surface area contributed by atoms with Crippen LogP contribution in [-0.2, 0) is 6.54 Å². The van der Waals surface area contributed by atoms with Gasteiger partial charge in [-0.25, -0.2) is 9.97 Å². The van der Waals surface area contributed by atoms with Crippen molar-refractivity contribution in [3.63, 3.8) is 0 Å². The molecular weight excluding hydrogens is 304 g/mol. The van der Waals surface area contributed by atoms with E-state index in [1.54, 1.807) is 17.6 Å². The second kappa shape index (κ2) is 5.47. The van der Waals surface area contributed by atoms with E-state index in [1.807, 2.05) is 12.3 Å². The fraction of sp³-hybridized carbons (Fsp3) is 0.429. The summed E-state index contributed by atoms with van der Waals surface area (Å²) in [5.74, 6) is 0. The fourth-order valence-electron chi connectivity index (χ4n) is 1.87. The first kappa shape index (κ1) is 14.6. The SMILES string of the molecule is Cc1coc(Sc2nc3sccn3c2CNC(C)(C)C)n1. The molecule has 0 aliphatic rings. The summed E-state index contributed by atoms with van der Waals surface area (Å²) in [6, 6.07) is 0. The zero-order valence-corrected chi connectivity index (χ0v) is 14.1. The second-order valence-electron chi connectivity index (χ2n) is 5.88. The summed E-state index contributed by atoms with van der Waals surface area (Å²) in [4.78, 5) is 10.0. The average molecular weight is 322 g/mol. The van der Waals surface area contributed by atoms with E-state index in [2.05, 4.69) is 46.7 Å². The minimum absolute atomic E-state index is 0.0572. The van der Waals surface area contributed by atoms with Crippen molar-refractivity contribution in [1.82, 2.24) is 19.7 Å². The molecule has 0 atom stereocenters. The van der Waals surface area contributed by atoms with Gasteiger partial charge in [-0.2, -0.15) is 0 Å². The molecule has 0 bridgehead atoms. The molecule has 0 aliphatic heterocycles. The molecule has 112 valence electrons. The van der Waals surface area contributed by atoms with Crippen LogP contribution in [0.15, 0.2) is 32.5 Å². The molecule has 1 N–H and O–H groups in total. The lowest BCUT2D eigenvalue weighted by Gasteiger charge is -2.20. The van der Waals surface area contributed by atoms with Crippen LogP contribution in [0.1, 0.15) is 32.2 Å². The largest absolute Gasteiger partial charge is 0.439 e. The maximum atomic E-state index is 5.43. The summed E-state index contributed by atoms with van der Waals surface area (Å²) in [5.41, 5.74) is 2.08. The van der Waals surface area contributed by atoms with Crippen LogP contribution < -0.4 is 5.32 Å². The lowest BCUT2D eigenvalue weighted by Crippen LogP contribution is -2.35. The molecule has 3 aromatic rings. The van der Waals surface area contributed by atoms with Gasteiger partial charge in [-0.3, -0.25) is 4.40 Å². The Morgan fingerprint density at radius 1 is 1.38 bits per heavy atom. The van der Waals surface area contributed by atoms with E-state index in [0.717, 1.165) is 27.9 Å². The Morgan fingerprint density at radius 2 is 2.19 bits per heavy atom. The maximum absolute atomic E-state index is 5.43. The van der Waals surface area contributed by atoms with E-state index in [4.69, 9.17) is 4.42 Å². The van der Waals surface area contributed by atoms with Crippen molar-refractivity contribution in [1.29, 1.82) is 0 Å². The first-order valence-corrected chi connectivity index (χ1v) is 8.41. The molecule has 3 heterocycles. The maximum Gasteiger partial charge on any atom is 0.262 e.